The first-order valence-electron chi connectivity index (χ1n) is 11.4. The normalized spacial score (nSPS) is 11.1. The first kappa shape index (κ1) is 27.7. The molecule has 0 amide bonds. The van der Waals surface area contributed by atoms with Crippen molar-refractivity contribution in [2.75, 3.05) is 26.9 Å². The maximum Gasteiger partial charge on any atom is 0.191 e. The van der Waals surface area contributed by atoms with E-state index >= 15 is 0 Å². The van der Waals surface area contributed by atoms with Gasteiger partial charge < -0.3 is 24.7 Å². The molecule has 34 heavy (non-hydrogen) atoms. The van der Waals surface area contributed by atoms with Gasteiger partial charge in [0, 0.05) is 51.2 Å². The van der Waals surface area contributed by atoms with E-state index in [1.807, 2.05) is 26.2 Å². The molecule has 0 aliphatic rings. The molecule has 8 heteroatoms. The quantitative estimate of drug-likeness (QED) is 0.153. The number of aromatic nitrogens is 2. The van der Waals surface area contributed by atoms with E-state index in [0.29, 0.717) is 32.9 Å². The third-order valence-electron chi connectivity index (χ3n) is 5.31. The van der Waals surface area contributed by atoms with Gasteiger partial charge in [0.2, 0.25) is 0 Å². The van der Waals surface area contributed by atoms with E-state index in [4.69, 9.17) is 9.47 Å². The summed E-state index contributed by atoms with van der Waals surface area (Å²) in [6.07, 6.45) is 3.84. The molecule has 0 radical (unpaired) electrons. The molecular formula is C26H36IN5O2. The van der Waals surface area contributed by atoms with Crippen molar-refractivity contribution in [3.63, 3.8) is 0 Å². The summed E-state index contributed by atoms with van der Waals surface area (Å²) in [6.45, 7) is 9.99. The molecule has 0 spiro atoms. The summed E-state index contributed by atoms with van der Waals surface area (Å²) in [6, 6.07) is 14.8. The van der Waals surface area contributed by atoms with Crippen LogP contribution < -0.4 is 15.4 Å². The molecule has 0 aliphatic heterocycles. The highest BCUT2D eigenvalue weighted by molar-refractivity contribution is 14.0. The number of nitrogens with one attached hydrogen (secondary N) is 2. The Kier molecular flexibility index (Phi) is 11.9. The topological polar surface area (TPSA) is 72.7 Å². The first-order valence-corrected chi connectivity index (χ1v) is 11.4. The third-order valence-corrected chi connectivity index (χ3v) is 5.31. The predicted octanol–water partition coefficient (Wildman–Crippen LogP) is 4.45. The lowest BCUT2D eigenvalue weighted by Crippen LogP contribution is -2.36. The lowest BCUT2D eigenvalue weighted by Gasteiger charge is -2.16. The van der Waals surface area contributed by atoms with Crippen molar-refractivity contribution in [1.29, 1.82) is 0 Å². The second-order valence-electron chi connectivity index (χ2n) is 7.86. The van der Waals surface area contributed by atoms with Crippen LogP contribution in [-0.2, 0) is 24.4 Å². The van der Waals surface area contributed by atoms with Crippen molar-refractivity contribution in [2.45, 2.75) is 40.4 Å². The van der Waals surface area contributed by atoms with Crippen LogP contribution in [0.25, 0.3) is 0 Å². The van der Waals surface area contributed by atoms with E-state index < -0.39 is 0 Å². The molecule has 2 N–H and O–H groups in total. The standard InChI is InChI=1S/C26H35N5O2.HI/c1-5-32-13-14-33-25-15-20(2)9-10-24(25)18-30-26(27-4)29-17-22-7-6-8-23(16-22)19-31-12-11-28-21(31)3;/h6-12,15-16H,5,13-14,17-19H2,1-4H3,(H2,27,29,30);1H. The molecule has 2 aromatic carbocycles. The zero-order valence-corrected chi connectivity index (χ0v) is 22.8. The Balaban J connectivity index is 0.00000408. The van der Waals surface area contributed by atoms with Crippen LogP contribution in [0, 0.1) is 13.8 Å². The van der Waals surface area contributed by atoms with Gasteiger partial charge in [0.05, 0.1) is 6.61 Å². The summed E-state index contributed by atoms with van der Waals surface area (Å²) in [5, 5.41) is 6.79. The Morgan fingerprint density at radius 3 is 2.56 bits per heavy atom. The van der Waals surface area contributed by atoms with E-state index in [9.17, 15) is 0 Å². The largest absolute Gasteiger partial charge is 0.491 e. The van der Waals surface area contributed by atoms with Gasteiger partial charge in [0.25, 0.3) is 0 Å². The van der Waals surface area contributed by atoms with Gasteiger partial charge in [-0.1, -0.05) is 36.4 Å². The van der Waals surface area contributed by atoms with Gasteiger partial charge in [0.15, 0.2) is 5.96 Å². The van der Waals surface area contributed by atoms with Crippen LogP contribution in [0.1, 0.15) is 35.0 Å². The molecule has 1 aromatic heterocycles. The van der Waals surface area contributed by atoms with Crippen LogP contribution in [0.15, 0.2) is 59.9 Å². The number of imidazole rings is 1. The molecule has 0 saturated carbocycles. The van der Waals surface area contributed by atoms with Gasteiger partial charge in [-0.3, -0.25) is 4.99 Å². The van der Waals surface area contributed by atoms with E-state index in [1.165, 1.54) is 16.7 Å². The van der Waals surface area contributed by atoms with Crippen LogP contribution >= 0.6 is 24.0 Å². The lowest BCUT2D eigenvalue weighted by atomic mass is 10.1. The molecule has 0 fully saturated rings. The fraction of sp³-hybridized carbons (Fsp3) is 0.385. The fourth-order valence-corrected chi connectivity index (χ4v) is 3.49. The smallest absolute Gasteiger partial charge is 0.191 e. The van der Waals surface area contributed by atoms with Gasteiger partial charge in [-0.05, 0) is 43.5 Å². The highest BCUT2D eigenvalue weighted by Gasteiger charge is 2.07. The minimum Gasteiger partial charge on any atom is -0.491 e. The maximum absolute atomic E-state index is 5.95. The molecule has 0 unspecified atom stereocenters. The van der Waals surface area contributed by atoms with Crippen molar-refractivity contribution in [3.05, 3.63) is 82.9 Å². The van der Waals surface area contributed by atoms with E-state index in [2.05, 4.69) is 74.6 Å². The molecular weight excluding hydrogens is 541 g/mol. The summed E-state index contributed by atoms with van der Waals surface area (Å²) >= 11 is 0. The molecule has 7 nitrogen and oxygen atoms in total. The number of benzene rings is 2. The SMILES string of the molecule is CCOCCOc1cc(C)ccc1CNC(=NC)NCc1cccc(Cn2ccnc2C)c1.I. The van der Waals surface area contributed by atoms with Crippen molar-refractivity contribution in [3.8, 4) is 5.75 Å². The Morgan fingerprint density at radius 2 is 1.82 bits per heavy atom. The number of hydrogen-bond donors (Lipinski definition) is 2. The Morgan fingerprint density at radius 1 is 1.03 bits per heavy atom. The molecule has 1 heterocycles. The van der Waals surface area contributed by atoms with Gasteiger partial charge in [-0.25, -0.2) is 4.98 Å². The average Bonchev–Trinajstić information content (AvgIpc) is 3.22. The van der Waals surface area contributed by atoms with Crippen LogP contribution in [0.4, 0.5) is 0 Å². The van der Waals surface area contributed by atoms with Crippen molar-refractivity contribution < 1.29 is 9.47 Å². The Bertz CT molecular complexity index is 1050. The zero-order valence-electron chi connectivity index (χ0n) is 20.5. The van der Waals surface area contributed by atoms with Crippen LogP contribution in [-0.4, -0.2) is 42.4 Å². The summed E-state index contributed by atoms with van der Waals surface area (Å²) in [5.74, 6) is 2.63. The number of aryl methyl sites for hydroxylation is 2. The van der Waals surface area contributed by atoms with Crippen molar-refractivity contribution >= 4 is 29.9 Å². The molecule has 0 bridgehead atoms. The van der Waals surface area contributed by atoms with E-state index in [-0.39, 0.29) is 24.0 Å². The van der Waals surface area contributed by atoms with Gasteiger partial charge >= 0.3 is 0 Å². The van der Waals surface area contributed by atoms with Crippen LogP contribution in [0.5, 0.6) is 5.75 Å². The Labute approximate surface area is 220 Å². The van der Waals surface area contributed by atoms with Crippen LogP contribution in [0.3, 0.4) is 0 Å². The average molecular weight is 578 g/mol. The summed E-state index contributed by atoms with van der Waals surface area (Å²) in [4.78, 5) is 8.67. The molecule has 3 aromatic rings. The van der Waals surface area contributed by atoms with E-state index in [0.717, 1.165) is 29.6 Å². The summed E-state index contributed by atoms with van der Waals surface area (Å²) in [5.41, 5.74) is 4.69. The molecule has 0 atom stereocenters. The zero-order chi connectivity index (χ0) is 23.5. The number of guanidine groups is 1. The summed E-state index contributed by atoms with van der Waals surface area (Å²) < 4.78 is 13.5. The second kappa shape index (κ2) is 14.6. The first-order chi connectivity index (χ1) is 16.1. The fourth-order valence-electron chi connectivity index (χ4n) is 3.49. The number of rotatable bonds is 11. The monoisotopic (exact) mass is 577 g/mol. The van der Waals surface area contributed by atoms with Gasteiger partial charge in [-0.15, -0.1) is 24.0 Å². The van der Waals surface area contributed by atoms with E-state index in [1.54, 1.807) is 7.05 Å². The predicted molar refractivity (Wildman–Crippen MR) is 148 cm³/mol. The Hall–Kier alpha value is -2.59. The number of hydrogen-bond acceptors (Lipinski definition) is 4. The molecule has 0 aliphatic carbocycles. The van der Waals surface area contributed by atoms with Crippen molar-refractivity contribution in [1.82, 2.24) is 20.2 Å². The number of ether oxygens (including phenoxy) is 2. The van der Waals surface area contributed by atoms with Gasteiger partial charge in [-0.2, -0.15) is 0 Å². The highest BCUT2D eigenvalue weighted by atomic mass is 127. The minimum absolute atomic E-state index is 0. The number of nitrogens with zero attached hydrogens (tertiary/aromatic N) is 3. The van der Waals surface area contributed by atoms with Crippen LogP contribution in [0.2, 0.25) is 0 Å². The molecule has 3 rings (SSSR count). The lowest BCUT2D eigenvalue weighted by molar-refractivity contribution is 0.110. The maximum atomic E-state index is 5.95. The number of halogens is 1. The highest BCUT2D eigenvalue weighted by Crippen LogP contribution is 2.20. The summed E-state index contributed by atoms with van der Waals surface area (Å²) in [7, 11) is 1.78. The molecule has 184 valence electrons. The molecule has 0 saturated heterocycles. The minimum atomic E-state index is 0. The number of aliphatic imine (C=N–C) groups is 1. The second-order valence-corrected chi connectivity index (χ2v) is 7.86. The van der Waals surface area contributed by atoms with Crippen molar-refractivity contribution in [2.24, 2.45) is 4.99 Å². The van der Waals surface area contributed by atoms with Gasteiger partial charge in [0.1, 0.15) is 18.2 Å². The third kappa shape index (κ3) is 8.64.